The average molecular weight is 498 g/mol. The molecule has 0 amide bonds. The maximum Gasteiger partial charge on any atom is 0.262 e. The Bertz CT molecular complexity index is 1410. The molecular formula is C23H20ClN5O4S. The van der Waals surface area contributed by atoms with Crippen molar-refractivity contribution >= 4 is 50.5 Å². The molecular weight excluding hydrogens is 478 g/mol. The Morgan fingerprint density at radius 1 is 0.765 bits per heavy atom. The summed E-state index contributed by atoms with van der Waals surface area (Å²) in [6.07, 6.45) is 0. The summed E-state index contributed by atoms with van der Waals surface area (Å²) in [5.41, 5.74) is 1.70. The first-order valence-corrected chi connectivity index (χ1v) is 11.8. The number of aromatic hydroxyl groups is 2. The van der Waals surface area contributed by atoms with E-state index in [4.69, 9.17) is 11.6 Å². The molecule has 1 heterocycles. The number of aryl methyl sites for hydroxylation is 1. The van der Waals surface area contributed by atoms with Crippen LogP contribution < -0.4 is 15.4 Å². The van der Waals surface area contributed by atoms with Crippen molar-refractivity contribution in [1.29, 1.82) is 0 Å². The van der Waals surface area contributed by atoms with Crippen LogP contribution in [-0.4, -0.2) is 28.6 Å². The van der Waals surface area contributed by atoms with E-state index in [0.717, 1.165) is 0 Å². The second kappa shape index (κ2) is 9.46. The first-order valence-electron chi connectivity index (χ1n) is 9.99. The smallest absolute Gasteiger partial charge is 0.262 e. The second-order valence-corrected chi connectivity index (χ2v) is 9.38. The molecule has 0 saturated carbocycles. The Kier molecular flexibility index (Phi) is 6.44. The number of rotatable bonds is 7. The van der Waals surface area contributed by atoms with E-state index in [0.29, 0.717) is 22.1 Å². The molecule has 0 unspecified atom stereocenters. The van der Waals surface area contributed by atoms with Crippen LogP contribution in [0.3, 0.4) is 0 Å². The van der Waals surface area contributed by atoms with E-state index in [-0.39, 0.29) is 33.8 Å². The van der Waals surface area contributed by atoms with Gasteiger partial charge in [-0.2, -0.15) is 4.98 Å². The van der Waals surface area contributed by atoms with Crippen molar-refractivity contribution in [2.75, 3.05) is 15.4 Å². The van der Waals surface area contributed by atoms with E-state index in [2.05, 4.69) is 25.3 Å². The summed E-state index contributed by atoms with van der Waals surface area (Å²) in [6.45, 7) is 1.64. The predicted octanol–water partition coefficient (Wildman–Crippen LogP) is 5.14. The number of aromatic nitrogens is 2. The van der Waals surface area contributed by atoms with Gasteiger partial charge in [-0.25, -0.2) is 13.4 Å². The molecule has 0 saturated heterocycles. The monoisotopic (exact) mass is 497 g/mol. The zero-order chi connectivity index (χ0) is 24.3. The van der Waals surface area contributed by atoms with Gasteiger partial charge in [0, 0.05) is 16.4 Å². The highest BCUT2D eigenvalue weighted by Gasteiger charge is 2.20. The van der Waals surface area contributed by atoms with Crippen LogP contribution in [0.4, 0.5) is 28.8 Å². The van der Waals surface area contributed by atoms with Crippen LogP contribution in [-0.2, 0) is 10.0 Å². The normalized spacial score (nSPS) is 11.1. The third kappa shape index (κ3) is 5.48. The largest absolute Gasteiger partial charge is 0.508 e. The van der Waals surface area contributed by atoms with E-state index in [1.165, 1.54) is 48.5 Å². The number of anilines is 5. The molecule has 0 atom stereocenters. The van der Waals surface area contributed by atoms with Crippen LogP contribution in [0.5, 0.6) is 11.5 Å². The third-order valence-electron chi connectivity index (χ3n) is 4.70. The Morgan fingerprint density at radius 2 is 1.29 bits per heavy atom. The lowest BCUT2D eigenvalue weighted by atomic mass is 10.3. The topological polar surface area (TPSA) is 136 Å². The van der Waals surface area contributed by atoms with Crippen molar-refractivity contribution in [2.24, 2.45) is 0 Å². The van der Waals surface area contributed by atoms with Crippen molar-refractivity contribution in [3.05, 3.63) is 83.5 Å². The van der Waals surface area contributed by atoms with E-state index >= 15 is 0 Å². The van der Waals surface area contributed by atoms with Crippen LogP contribution in [0.25, 0.3) is 0 Å². The van der Waals surface area contributed by atoms with Gasteiger partial charge in [-0.1, -0.05) is 11.6 Å². The van der Waals surface area contributed by atoms with Gasteiger partial charge in [-0.3, -0.25) is 4.72 Å². The summed E-state index contributed by atoms with van der Waals surface area (Å²) < 4.78 is 28.6. The van der Waals surface area contributed by atoms with Gasteiger partial charge in [0.1, 0.15) is 17.2 Å². The number of halogens is 1. The van der Waals surface area contributed by atoms with Crippen molar-refractivity contribution in [3.8, 4) is 11.5 Å². The molecule has 0 aliphatic heterocycles. The molecule has 9 nitrogen and oxygen atoms in total. The van der Waals surface area contributed by atoms with Gasteiger partial charge in [0.05, 0.1) is 10.6 Å². The van der Waals surface area contributed by atoms with E-state index in [9.17, 15) is 18.6 Å². The fourth-order valence-corrected chi connectivity index (χ4v) is 4.26. The molecule has 0 fully saturated rings. The molecule has 11 heteroatoms. The highest BCUT2D eigenvalue weighted by atomic mass is 35.5. The average Bonchev–Trinajstić information content (AvgIpc) is 2.79. The zero-order valence-corrected chi connectivity index (χ0v) is 19.4. The van der Waals surface area contributed by atoms with Gasteiger partial charge in [0.2, 0.25) is 5.95 Å². The minimum Gasteiger partial charge on any atom is -0.508 e. The lowest BCUT2D eigenvalue weighted by Gasteiger charge is -2.17. The summed E-state index contributed by atoms with van der Waals surface area (Å²) in [4.78, 5) is 8.87. The maximum atomic E-state index is 13.0. The second-order valence-electron chi connectivity index (χ2n) is 7.26. The Balaban J connectivity index is 1.73. The Morgan fingerprint density at radius 3 is 1.85 bits per heavy atom. The number of sulfonamides is 1. The van der Waals surface area contributed by atoms with Crippen LogP contribution in [0.1, 0.15) is 5.69 Å². The summed E-state index contributed by atoms with van der Waals surface area (Å²) in [6, 6.07) is 18.3. The molecule has 174 valence electrons. The SMILES string of the molecule is Cc1nc(Nc2ccc(O)cc2)nc(Nc2ccc(O)cc2)c1NS(=O)(=O)c1ccc(Cl)cc1. The van der Waals surface area contributed by atoms with Crippen LogP contribution >= 0.6 is 11.6 Å². The molecule has 34 heavy (non-hydrogen) atoms. The highest BCUT2D eigenvalue weighted by molar-refractivity contribution is 7.92. The molecule has 0 aliphatic carbocycles. The molecule has 0 aliphatic rings. The van der Waals surface area contributed by atoms with Crippen molar-refractivity contribution in [3.63, 3.8) is 0 Å². The third-order valence-corrected chi connectivity index (χ3v) is 6.32. The van der Waals surface area contributed by atoms with Gasteiger partial charge in [-0.15, -0.1) is 0 Å². The van der Waals surface area contributed by atoms with Gasteiger partial charge in [0.25, 0.3) is 10.0 Å². The van der Waals surface area contributed by atoms with Crippen LogP contribution in [0.2, 0.25) is 5.02 Å². The standard InChI is InChI=1S/C23H20ClN5O4S/c1-14-21(29-34(32,33)20-12-2-15(24)3-13-20)22(26-16-4-8-18(30)9-5-16)28-23(25-14)27-17-6-10-19(31)11-7-17/h2-13,29-31H,1H3,(H2,25,26,27,28). The molecule has 1 aromatic heterocycles. The number of hydrogen-bond acceptors (Lipinski definition) is 8. The first-order chi connectivity index (χ1) is 16.2. The van der Waals surface area contributed by atoms with E-state index in [1.807, 2.05) is 0 Å². The van der Waals surface area contributed by atoms with Gasteiger partial charge < -0.3 is 20.8 Å². The van der Waals surface area contributed by atoms with E-state index < -0.39 is 10.0 Å². The molecule has 0 radical (unpaired) electrons. The number of nitrogens with one attached hydrogen (secondary N) is 3. The maximum absolute atomic E-state index is 13.0. The lowest BCUT2D eigenvalue weighted by Crippen LogP contribution is -2.17. The van der Waals surface area contributed by atoms with Crippen LogP contribution in [0, 0.1) is 6.92 Å². The first kappa shape index (κ1) is 23.1. The van der Waals surface area contributed by atoms with Gasteiger partial charge in [0.15, 0.2) is 5.82 Å². The summed E-state index contributed by atoms with van der Waals surface area (Å²) >= 11 is 5.88. The summed E-state index contributed by atoms with van der Waals surface area (Å²) in [7, 11) is -3.97. The fourth-order valence-electron chi connectivity index (χ4n) is 3.00. The number of phenolic OH excluding ortho intramolecular Hbond substituents is 2. The molecule has 3 aromatic carbocycles. The Labute approximate surface area is 201 Å². The minimum absolute atomic E-state index is 0.0261. The van der Waals surface area contributed by atoms with Crippen molar-refractivity contribution in [1.82, 2.24) is 9.97 Å². The highest BCUT2D eigenvalue weighted by Crippen LogP contribution is 2.31. The predicted molar refractivity (Wildman–Crippen MR) is 132 cm³/mol. The van der Waals surface area contributed by atoms with Gasteiger partial charge in [-0.05, 0) is 79.7 Å². The quantitative estimate of drug-likeness (QED) is 0.221. The van der Waals surface area contributed by atoms with Gasteiger partial charge >= 0.3 is 0 Å². The number of benzene rings is 3. The van der Waals surface area contributed by atoms with Crippen molar-refractivity contribution < 1.29 is 18.6 Å². The van der Waals surface area contributed by atoms with Crippen molar-refractivity contribution in [2.45, 2.75) is 11.8 Å². The molecule has 0 spiro atoms. The molecule has 0 bridgehead atoms. The number of phenols is 2. The molecule has 4 aromatic rings. The Hall–Kier alpha value is -4.02. The zero-order valence-electron chi connectivity index (χ0n) is 17.8. The number of hydrogen-bond donors (Lipinski definition) is 5. The summed E-state index contributed by atoms with van der Waals surface area (Å²) in [5.74, 6) is 0.600. The minimum atomic E-state index is -3.97. The van der Waals surface area contributed by atoms with E-state index in [1.54, 1.807) is 31.2 Å². The molecule has 5 N–H and O–H groups in total. The molecule has 4 rings (SSSR count). The fraction of sp³-hybridized carbons (Fsp3) is 0.0435. The lowest BCUT2D eigenvalue weighted by molar-refractivity contribution is 0.475. The summed E-state index contributed by atoms with van der Waals surface area (Å²) in [5, 5.41) is 25.6. The number of nitrogens with zero attached hydrogens (tertiary/aromatic N) is 2. The van der Waals surface area contributed by atoms with Crippen LogP contribution in [0.15, 0.2) is 77.7 Å².